The first-order valence-corrected chi connectivity index (χ1v) is 8.56. The number of hydrogen-bond donors (Lipinski definition) is 2. The molecular weight excluding hydrogens is 318 g/mol. The zero-order valence-electron chi connectivity index (χ0n) is 14.5. The molecule has 0 aliphatic carbocycles. The molecule has 1 fully saturated rings. The van der Waals surface area contributed by atoms with Crippen molar-refractivity contribution in [3.05, 3.63) is 42.1 Å². The molecule has 1 aromatic heterocycles. The van der Waals surface area contributed by atoms with Crippen LogP contribution in [0.4, 0.5) is 11.5 Å². The minimum Gasteiger partial charge on any atom is -0.461 e. The van der Waals surface area contributed by atoms with E-state index in [1.165, 1.54) is 0 Å². The topological polar surface area (TPSA) is 99.4 Å². The molecule has 2 unspecified atom stereocenters. The number of nitrogen functional groups attached to an aromatic ring is 1. The van der Waals surface area contributed by atoms with E-state index in [1.54, 1.807) is 10.9 Å². The molecule has 7 nitrogen and oxygen atoms in total. The Morgan fingerprint density at radius 3 is 2.80 bits per heavy atom. The van der Waals surface area contributed by atoms with Crippen LogP contribution in [-0.4, -0.2) is 28.5 Å². The summed E-state index contributed by atoms with van der Waals surface area (Å²) in [5.41, 5.74) is 14.0. The molecule has 25 heavy (non-hydrogen) atoms. The number of carbonyl (C=O) groups is 1. The SMILES string of the molecule is Cn1ncc(N)c1N1CCCC(C(=O)OCc2ccccc2)CC1N. The van der Waals surface area contributed by atoms with Crippen LogP contribution in [0.15, 0.2) is 36.5 Å². The zero-order valence-corrected chi connectivity index (χ0v) is 14.5. The Hall–Kier alpha value is -2.54. The largest absolute Gasteiger partial charge is 0.461 e. The zero-order chi connectivity index (χ0) is 17.8. The van der Waals surface area contributed by atoms with Crippen molar-refractivity contribution in [3.8, 4) is 0 Å². The maximum Gasteiger partial charge on any atom is 0.309 e. The van der Waals surface area contributed by atoms with Crippen molar-refractivity contribution in [3.63, 3.8) is 0 Å². The summed E-state index contributed by atoms with van der Waals surface area (Å²) >= 11 is 0. The van der Waals surface area contributed by atoms with Crippen LogP contribution >= 0.6 is 0 Å². The van der Waals surface area contributed by atoms with Crippen LogP contribution in [0.1, 0.15) is 24.8 Å². The highest BCUT2D eigenvalue weighted by atomic mass is 16.5. The van der Waals surface area contributed by atoms with E-state index in [1.807, 2.05) is 42.3 Å². The van der Waals surface area contributed by atoms with E-state index in [-0.39, 0.29) is 18.1 Å². The lowest BCUT2D eigenvalue weighted by Gasteiger charge is -2.29. The molecule has 3 rings (SSSR count). The van der Waals surface area contributed by atoms with E-state index in [0.717, 1.165) is 30.8 Å². The van der Waals surface area contributed by atoms with Gasteiger partial charge in [0.05, 0.1) is 24.0 Å². The van der Waals surface area contributed by atoms with Gasteiger partial charge >= 0.3 is 5.97 Å². The van der Waals surface area contributed by atoms with Gasteiger partial charge in [0, 0.05) is 13.6 Å². The molecule has 0 radical (unpaired) electrons. The van der Waals surface area contributed by atoms with Gasteiger partial charge in [0.1, 0.15) is 6.61 Å². The number of aromatic nitrogens is 2. The molecule has 4 N–H and O–H groups in total. The second-order valence-corrected chi connectivity index (χ2v) is 6.48. The number of benzene rings is 1. The van der Waals surface area contributed by atoms with Crippen molar-refractivity contribution >= 4 is 17.5 Å². The van der Waals surface area contributed by atoms with Crippen LogP contribution in [0.25, 0.3) is 0 Å². The Balaban J connectivity index is 1.62. The molecule has 0 spiro atoms. The molecule has 2 heterocycles. The summed E-state index contributed by atoms with van der Waals surface area (Å²) in [7, 11) is 1.84. The Morgan fingerprint density at radius 2 is 2.12 bits per heavy atom. The summed E-state index contributed by atoms with van der Waals surface area (Å²) in [5.74, 6) is 0.433. The van der Waals surface area contributed by atoms with Gasteiger partial charge in [-0.05, 0) is 24.8 Å². The summed E-state index contributed by atoms with van der Waals surface area (Å²) in [6.45, 7) is 1.04. The number of hydrogen-bond acceptors (Lipinski definition) is 6. The molecule has 134 valence electrons. The molecular formula is C18H25N5O2. The number of nitrogens with two attached hydrogens (primary N) is 2. The van der Waals surface area contributed by atoms with Crippen molar-refractivity contribution in [1.82, 2.24) is 9.78 Å². The Bertz CT molecular complexity index is 696. The first kappa shape index (κ1) is 17.3. The van der Waals surface area contributed by atoms with Gasteiger partial charge in [0.25, 0.3) is 0 Å². The van der Waals surface area contributed by atoms with Gasteiger partial charge in [0.15, 0.2) is 5.82 Å². The van der Waals surface area contributed by atoms with Gasteiger partial charge in [-0.15, -0.1) is 0 Å². The highest BCUT2D eigenvalue weighted by molar-refractivity contribution is 5.73. The van der Waals surface area contributed by atoms with Crippen molar-refractivity contribution < 1.29 is 9.53 Å². The smallest absolute Gasteiger partial charge is 0.309 e. The summed E-state index contributed by atoms with van der Waals surface area (Å²) in [6.07, 6.45) is 3.48. The second kappa shape index (κ2) is 7.57. The summed E-state index contributed by atoms with van der Waals surface area (Å²) in [5, 5.41) is 4.18. The quantitative estimate of drug-likeness (QED) is 0.819. The summed E-state index contributed by atoms with van der Waals surface area (Å²) in [6, 6.07) is 9.69. The number of nitrogens with zero attached hydrogens (tertiary/aromatic N) is 3. The van der Waals surface area contributed by atoms with Gasteiger partial charge in [-0.2, -0.15) is 5.10 Å². The van der Waals surface area contributed by atoms with Crippen molar-refractivity contribution in [2.75, 3.05) is 17.2 Å². The van der Waals surface area contributed by atoms with Gasteiger partial charge in [-0.1, -0.05) is 30.3 Å². The third kappa shape index (κ3) is 3.93. The number of anilines is 2. The normalized spacial score (nSPS) is 21.0. The van der Waals surface area contributed by atoms with Gasteiger partial charge in [0.2, 0.25) is 0 Å². The summed E-state index contributed by atoms with van der Waals surface area (Å²) < 4.78 is 7.22. The first-order valence-electron chi connectivity index (χ1n) is 8.56. The lowest BCUT2D eigenvalue weighted by Crippen LogP contribution is -2.44. The molecule has 1 aliphatic heterocycles. The molecule has 0 amide bonds. The Kier molecular flexibility index (Phi) is 5.23. The predicted molar refractivity (Wildman–Crippen MR) is 96.5 cm³/mol. The molecule has 1 aromatic carbocycles. The average molecular weight is 343 g/mol. The van der Waals surface area contributed by atoms with Gasteiger partial charge < -0.3 is 21.1 Å². The van der Waals surface area contributed by atoms with E-state index in [4.69, 9.17) is 16.2 Å². The Morgan fingerprint density at radius 1 is 1.36 bits per heavy atom. The fraction of sp³-hybridized carbons (Fsp3) is 0.444. The van der Waals surface area contributed by atoms with Crippen LogP contribution in [0.3, 0.4) is 0 Å². The molecule has 0 bridgehead atoms. The van der Waals surface area contributed by atoms with E-state index in [9.17, 15) is 4.79 Å². The van der Waals surface area contributed by atoms with Crippen LogP contribution < -0.4 is 16.4 Å². The number of carbonyl (C=O) groups excluding carboxylic acids is 1. The van der Waals surface area contributed by atoms with Crippen LogP contribution in [0, 0.1) is 5.92 Å². The number of esters is 1. The number of ether oxygens (including phenoxy) is 1. The highest BCUT2D eigenvalue weighted by Gasteiger charge is 2.31. The van der Waals surface area contributed by atoms with Crippen LogP contribution in [-0.2, 0) is 23.2 Å². The van der Waals surface area contributed by atoms with Crippen molar-refractivity contribution in [2.24, 2.45) is 18.7 Å². The van der Waals surface area contributed by atoms with Crippen molar-refractivity contribution in [1.29, 1.82) is 0 Å². The van der Waals surface area contributed by atoms with Crippen LogP contribution in [0.2, 0.25) is 0 Å². The third-order valence-corrected chi connectivity index (χ3v) is 4.64. The lowest BCUT2D eigenvalue weighted by atomic mass is 10.00. The molecule has 7 heteroatoms. The first-order chi connectivity index (χ1) is 12.1. The predicted octanol–water partition coefficient (Wildman–Crippen LogP) is 1.64. The average Bonchev–Trinajstić information content (AvgIpc) is 2.83. The number of rotatable bonds is 4. The summed E-state index contributed by atoms with van der Waals surface area (Å²) in [4.78, 5) is 14.5. The van der Waals surface area contributed by atoms with Gasteiger partial charge in [-0.25, -0.2) is 0 Å². The highest BCUT2D eigenvalue weighted by Crippen LogP contribution is 2.29. The maximum atomic E-state index is 12.5. The van der Waals surface area contributed by atoms with Crippen LogP contribution in [0.5, 0.6) is 0 Å². The van der Waals surface area contributed by atoms with Crippen molar-refractivity contribution in [2.45, 2.75) is 32.0 Å². The van der Waals surface area contributed by atoms with Gasteiger partial charge in [-0.3, -0.25) is 9.48 Å². The molecule has 1 aliphatic rings. The Labute approximate surface area is 147 Å². The lowest BCUT2D eigenvalue weighted by molar-refractivity contribution is -0.150. The van der Waals surface area contributed by atoms with E-state index in [0.29, 0.717) is 18.7 Å². The van der Waals surface area contributed by atoms with E-state index < -0.39 is 0 Å². The second-order valence-electron chi connectivity index (χ2n) is 6.48. The minimum atomic E-state index is -0.297. The third-order valence-electron chi connectivity index (χ3n) is 4.64. The van der Waals surface area contributed by atoms with E-state index in [2.05, 4.69) is 5.10 Å². The number of aryl methyl sites for hydroxylation is 1. The standard InChI is InChI=1S/C18H25N5O2/c1-22-17(15(19)11-21-22)23-9-5-8-14(10-16(23)20)18(24)25-12-13-6-3-2-4-7-13/h2-4,6-7,11,14,16H,5,8-10,12,19-20H2,1H3. The molecule has 0 saturated carbocycles. The molecule has 1 saturated heterocycles. The molecule has 2 atom stereocenters. The molecule has 2 aromatic rings. The fourth-order valence-electron chi connectivity index (χ4n) is 3.33. The maximum absolute atomic E-state index is 12.5. The fourth-order valence-corrected chi connectivity index (χ4v) is 3.33. The monoisotopic (exact) mass is 343 g/mol. The minimum absolute atomic E-state index is 0.181. The van der Waals surface area contributed by atoms with E-state index >= 15 is 0 Å².